The van der Waals surface area contributed by atoms with Gasteiger partial charge in [0.05, 0.1) is 5.69 Å². The van der Waals surface area contributed by atoms with E-state index in [-0.39, 0.29) is 12.5 Å². The molecule has 1 saturated heterocycles. The molecule has 19 heavy (non-hydrogen) atoms. The first-order valence-electron chi connectivity index (χ1n) is 7.07. The molecule has 1 aromatic heterocycles. The van der Waals surface area contributed by atoms with Crippen LogP contribution in [0.5, 0.6) is 0 Å². The van der Waals surface area contributed by atoms with Crippen molar-refractivity contribution >= 4 is 5.97 Å². The fourth-order valence-electron chi connectivity index (χ4n) is 2.93. The third kappa shape index (κ3) is 3.77. The topological polar surface area (TPSA) is 53.4 Å². The fourth-order valence-corrected chi connectivity index (χ4v) is 2.93. The summed E-state index contributed by atoms with van der Waals surface area (Å²) < 4.78 is 0. The van der Waals surface area contributed by atoms with Gasteiger partial charge in [-0.25, -0.2) is 0 Å². The quantitative estimate of drug-likeness (QED) is 0.886. The Morgan fingerprint density at radius 2 is 2.37 bits per heavy atom. The second-order valence-corrected chi connectivity index (χ2v) is 5.25. The molecule has 4 nitrogen and oxygen atoms in total. The monoisotopic (exact) mass is 262 g/mol. The molecule has 4 heteroatoms. The second-order valence-electron chi connectivity index (χ2n) is 5.25. The van der Waals surface area contributed by atoms with Crippen LogP contribution in [0.3, 0.4) is 0 Å². The third-order valence-electron chi connectivity index (χ3n) is 3.98. The van der Waals surface area contributed by atoms with Crippen LogP contribution in [0.4, 0.5) is 0 Å². The van der Waals surface area contributed by atoms with Crippen LogP contribution in [0.2, 0.25) is 0 Å². The van der Waals surface area contributed by atoms with E-state index < -0.39 is 5.97 Å². The molecule has 0 aliphatic carbocycles. The lowest BCUT2D eigenvalue weighted by Gasteiger charge is -2.39. The van der Waals surface area contributed by atoms with Gasteiger partial charge in [0.25, 0.3) is 0 Å². The summed E-state index contributed by atoms with van der Waals surface area (Å²) in [6.45, 7) is 3.21. The molecule has 0 aromatic carbocycles. The van der Waals surface area contributed by atoms with Gasteiger partial charge < -0.3 is 5.11 Å². The van der Waals surface area contributed by atoms with Gasteiger partial charge in [0.15, 0.2) is 0 Å². The highest BCUT2D eigenvalue weighted by molar-refractivity contribution is 5.66. The maximum Gasteiger partial charge on any atom is 0.303 e. The Morgan fingerprint density at radius 1 is 1.53 bits per heavy atom. The molecule has 2 heterocycles. The summed E-state index contributed by atoms with van der Waals surface area (Å²) >= 11 is 0. The normalized spacial score (nSPS) is 22.1. The van der Waals surface area contributed by atoms with E-state index in [4.69, 9.17) is 5.11 Å². The number of hydrogen-bond acceptors (Lipinski definition) is 3. The standard InChI is InChI=1S/C15H22N2O2/c1-12(14-7-2-4-10-16-14)17-11-5-3-6-13(17)8-9-15(18)19/h2,4,7,10,12-13H,3,5-6,8-9,11H2,1H3,(H,18,19). The number of pyridine rings is 1. The van der Waals surface area contributed by atoms with Gasteiger partial charge in [0.2, 0.25) is 0 Å². The van der Waals surface area contributed by atoms with Crippen LogP contribution in [0.15, 0.2) is 24.4 Å². The van der Waals surface area contributed by atoms with Crippen molar-refractivity contribution in [1.82, 2.24) is 9.88 Å². The molecule has 2 unspecified atom stereocenters. The van der Waals surface area contributed by atoms with Crippen molar-refractivity contribution in [1.29, 1.82) is 0 Å². The molecule has 0 radical (unpaired) electrons. The summed E-state index contributed by atoms with van der Waals surface area (Å²) in [6, 6.07) is 6.62. The maximum absolute atomic E-state index is 10.8. The molecule has 0 saturated carbocycles. The lowest BCUT2D eigenvalue weighted by atomic mass is 9.95. The summed E-state index contributed by atoms with van der Waals surface area (Å²) in [6.07, 6.45) is 6.32. The SMILES string of the molecule is CC(c1ccccn1)N1CCCCC1CCC(=O)O. The Morgan fingerprint density at radius 3 is 3.05 bits per heavy atom. The smallest absolute Gasteiger partial charge is 0.303 e. The van der Waals surface area contributed by atoms with Gasteiger partial charge in [-0.3, -0.25) is 14.7 Å². The Bertz CT molecular complexity index is 408. The van der Waals surface area contributed by atoms with Crippen molar-refractivity contribution in [3.05, 3.63) is 30.1 Å². The molecular weight excluding hydrogens is 240 g/mol. The number of rotatable bonds is 5. The average Bonchev–Trinajstić information content (AvgIpc) is 2.45. The number of piperidine rings is 1. The molecule has 1 aliphatic rings. The molecule has 0 amide bonds. The summed E-state index contributed by atoms with van der Waals surface area (Å²) in [4.78, 5) is 17.6. The molecule has 0 spiro atoms. The molecule has 2 rings (SSSR count). The zero-order chi connectivity index (χ0) is 13.7. The molecule has 1 N–H and O–H groups in total. The molecule has 0 bridgehead atoms. The predicted octanol–water partition coefficient (Wildman–Crippen LogP) is 2.86. The number of carbonyl (C=O) groups is 1. The van der Waals surface area contributed by atoms with Crippen LogP contribution in [-0.4, -0.2) is 33.5 Å². The van der Waals surface area contributed by atoms with Gasteiger partial charge >= 0.3 is 5.97 Å². The van der Waals surface area contributed by atoms with Crippen LogP contribution in [-0.2, 0) is 4.79 Å². The highest BCUT2D eigenvalue weighted by Gasteiger charge is 2.27. The van der Waals surface area contributed by atoms with Crippen molar-refractivity contribution < 1.29 is 9.90 Å². The second kappa shape index (κ2) is 6.66. The maximum atomic E-state index is 10.8. The lowest BCUT2D eigenvalue weighted by Crippen LogP contribution is -2.41. The highest BCUT2D eigenvalue weighted by atomic mass is 16.4. The molecule has 1 fully saturated rings. The van der Waals surface area contributed by atoms with E-state index in [1.165, 1.54) is 12.8 Å². The first-order chi connectivity index (χ1) is 9.18. The molecule has 104 valence electrons. The largest absolute Gasteiger partial charge is 0.481 e. The number of aromatic nitrogens is 1. The summed E-state index contributed by atoms with van der Waals surface area (Å²) in [7, 11) is 0. The van der Waals surface area contributed by atoms with Crippen molar-refractivity contribution in [3.63, 3.8) is 0 Å². The number of nitrogens with zero attached hydrogens (tertiary/aromatic N) is 2. The van der Waals surface area contributed by atoms with Crippen LogP contribution >= 0.6 is 0 Å². The van der Waals surface area contributed by atoms with E-state index >= 15 is 0 Å². The Hall–Kier alpha value is -1.42. The van der Waals surface area contributed by atoms with Gasteiger partial charge in [-0.2, -0.15) is 0 Å². The van der Waals surface area contributed by atoms with Crippen molar-refractivity contribution in [3.8, 4) is 0 Å². The first-order valence-corrected chi connectivity index (χ1v) is 7.07. The third-order valence-corrected chi connectivity index (χ3v) is 3.98. The van der Waals surface area contributed by atoms with Gasteiger partial charge in [-0.05, 0) is 44.9 Å². The van der Waals surface area contributed by atoms with Gasteiger partial charge in [0, 0.05) is 24.7 Å². The van der Waals surface area contributed by atoms with Gasteiger partial charge in [0.1, 0.15) is 0 Å². The fraction of sp³-hybridized carbons (Fsp3) is 0.600. The van der Waals surface area contributed by atoms with E-state index in [9.17, 15) is 4.79 Å². The number of hydrogen-bond donors (Lipinski definition) is 1. The zero-order valence-corrected chi connectivity index (χ0v) is 11.5. The van der Waals surface area contributed by atoms with E-state index in [1.807, 2.05) is 24.4 Å². The van der Waals surface area contributed by atoms with E-state index in [1.54, 1.807) is 0 Å². The number of likely N-dealkylation sites (tertiary alicyclic amines) is 1. The van der Waals surface area contributed by atoms with Crippen molar-refractivity contribution in [2.75, 3.05) is 6.54 Å². The zero-order valence-electron chi connectivity index (χ0n) is 11.5. The van der Waals surface area contributed by atoms with Crippen LogP contribution < -0.4 is 0 Å². The Kier molecular flexibility index (Phi) is 4.91. The average molecular weight is 262 g/mol. The van der Waals surface area contributed by atoms with Crippen molar-refractivity contribution in [2.45, 2.75) is 51.1 Å². The molecule has 2 atom stereocenters. The molecule has 1 aliphatic heterocycles. The molecular formula is C15H22N2O2. The number of aliphatic carboxylic acids is 1. The van der Waals surface area contributed by atoms with Gasteiger partial charge in [-0.15, -0.1) is 0 Å². The van der Waals surface area contributed by atoms with E-state index in [2.05, 4.69) is 16.8 Å². The minimum absolute atomic E-state index is 0.260. The van der Waals surface area contributed by atoms with Gasteiger partial charge in [-0.1, -0.05) is 12.5 Å². The highest BCUT2D eigenvalue weighted by Crippen LogP contribution is 2.29. The molecule has 1 aromatic rings. The van der Waals surface area contributed by atoms with Crippen LogP contribution in [0, 0.1) is 0 Å². The minimum Gasteiger partial charge on any atom is -0.481 e. The lowest BCUT2D eigenvalue weighted by molar-refractivity contribution is -0.137. The Labute approximate surface area is 114 Å². The summed E-state index contributed by atoms with van der Waals surface area (Å²) in [5.41, 5.74) is 1.07. The summed E-state index contributed by atoms with van der Waals surface area (Å²) in [5, 5.41) is 8.86. The van der Waals surface area contributed by atoms with E-state index in [0.29, 0.717) is 6.04 Å². The number of carboxylic acids is 1. The Balaban J connectivity index is 2.04. The van der Waals surface area contributed by atoms with Crippen molar-refractivity contribution in [2.24, 2.45) is 0 Å². The predicted molar refractivity (Wildman–Crippen MR) is 73.9 cm³/mol. The van der Waals surface area contributed by atoms with Crippen LogP contribution in [0.1, 0.15) is 50.8 Å². The minimum atomic E-state index is -0.698. The van der Waals surface area contributed by atoms with Crippen LogP contribution in [0.25, 0.3) is 0 Å². The number of carboxylic acid groups (broad SMARTS) is 1. The van der Waals surface area contributed by atoms with E-state index in [0.717, 1.165) is 25.1 Å². The summed E-state index contributed by atoms with van der Waals surface area (Å²) in [5.74, 6) is -0.698. The first kappa shape index (κ1) is 14.0.